The molecule has 112 valence electrons. The van der Waals surface area contributed by atoms with E-state index in [4.69, 9.17) is 23.2 Å². The number of benzene rings is 1. The number of rotatable bonds is 3. The minimum atomic E-state index is -0.0626. The van der Waals surface area contributed by atoms with Gasteiger partial charge in [0, 0.05) is 10.3 Å². The topological polar surface area (TPSA) is 25.8 Å². The second-order valence-electron chi connectivity index (χ2n) is 5.56. The van der Waals surface area contributed by atoms with Gasteiger partial charge in [-0.3, -0.25) is 0 Å². The van der Waals surface area contributed by atoms with Crippen molar-refractivity contribution in [2.45, 2.75) is 36.8 Å². The maximum Gasteiger partial charge on any atom is 0.146 e. The van der Waals surface area contributed by atoms with Crippen molar-refractivity contribution in [1.29, 1.82) is 0 Å². The van der Waals surface area contributed by atoms with E-state index in [0.29, 0.717) is 10.9 Å². The van der Waals surface area contributed by atoms with Gasteiger partial charge in [0.1, 0.15) is 11.0 Å². The van der Waals surface area contributed by atoms with Gasteiger partial charge in [0.2, 0.25) is 0 Å². The van der Waals surface area contributed by atoms with Crippen LogP contribution in [0.3, 0.4) is 0 Å². The Hall–Kier alpha value is -0.0400. The van der Waals surface area contributed by atoms with Gasteiger partial charge in [0.05, 0.1) is 20.0 Å². The van der Waals surface area contributed by atoms with Crippen molar-refractivity contribution in [3.8, 4) is 0 Å². The van der Waals surface area contributed by atoms with E-state index >= 15 is 0 Å². The van der Waals surface area contributed by atoms with Crippen molar-refractivity contribution in [3.05, 3.63) is 49.5 Å². The molecule has 2 aromatic rings. The molecule has 0 atom stereocenters. The molecule has 0 aliphatic carbocycles. The minimum absolute atomic E-state index is 0.0626. The van der Waals surface area contributed by atoms with Crippen LogP contribution < -0.4 is 0 Å². The fourth-order valence-corrected chi connectivity index (χ4v) is 4.06. The van der Waals surface area contributed by atoms with E-state index in [1.54, 1.807) is 11.8 Å². The Morgan fingerprint density at radius 3 is 2.43 bits per heavy atom. The summed E-state index contributed by atoms with van der Waals surface area (Å²) in [7, 11) is 0. The second-order valence-corrected chi connectivity index (χ2v) is 8.42. The molecule has 0 aliphatic heterocycles. The highest BCUT2D eigenvalue weighted by Crippen LogP contribution is 2.32. The van der Waals surface area contributed by atoms with Gasteiger partial charge in [-0.05, 0) is 34.7 Å². The summed E-state index contributed by atoms with van der Waals surface area (Å²) in [6.07, 6.45) is 0. The molecule has 1 heterocycles. The zero-order valence-corrected chi connectivity index (χ0v) is 16.4. The molecule has 0 radical (unpaired) electrons. The molecule has 0 saturated heterocycles. The molecule has 2 nitrogen and oxygen atoms in total. The first-order valence-electron chi connectivity index (χ1n) is 6.39. The molecule has 0 N–H and O–H groups in total. The first-order chi connectivity index (χ1) is 9.79. The zero-order valence-electron chi connectivity index (χ0n) is 12.0. The third-order valence-corrected chi connectivity index (χ3v) is 5.89. The normalized spacial score (nSPS) is 11.7. The molecule has 0 spiro atoms. The fraction of sp³-hybridized carbons (Fsp3) is 0.333. The predicted octanol–water partition coefficient (Wildman–Crippen LogP) is 5.98. The molecule has 1 aromatic carbocycles. The van der Waals surface area contributed by atoms with E-state index in [0.717, 1.165) is 25.0 Å². The Kier molecular flexibility index (Phi) is 5.79. The van der Waals surface area contributed by atoms with Gasteiger partial charge in [-0.25, -0.2) is 9.97 Å². The maximum absolute atomic E-state index is 6.24. The number of nitrogens with zero attached hydrogens (tertiary/aromatic N) is 2. The third kappa shape index (κ3) is 4.47. The summed E-state index contributed by atoms with van der Waals surface area (Å²) in [6.45, 7) is 6.37. The summed E-state index contributed by atoms with van der Waals surface area (Å²) in [5.41, 5.74) is 0.922. The lowest BCUT2D eigenvalue weighted by atomic mass is 9.92. The van der Waals surface area contributed by atoms with Gasteiger partial charge in [-0.15, -0.1) is 11.8 Å². The highest BCUT2D eigenvalue weighted by molar-refractivity contribution is 14.1. The SMILES string of the molecule is CC(C)(C)c1nc(CSc2ccccc2Cl)nc(Cl)c1I. The van der Waals surface area contributed by atoms with Crippen LogP contribution in [0.5, 0.6) is 0 Å². The summed E-state index contributed by atoms with van der Waals surface area (Å²) in [4.78, 5) is 10.1. The van der Waals surface area contributed by atoms with E-state index in [9.17, 15) is 0 Å². The summed E-state index contributed by atoms with van der Waals surface area (Å²) in [5.74, 6) is 1.37. The highest BCUT2D eigenvalue weighted by Gasteiger charge is 2.22. The summed E-state index contributed by atoms with van der Waals surface area (Å²) < 4.78 is 0.924. The lowest BCUT2D eigenvalue weighted by Gasteiger charge is -2.20. The van der Waals surface area contributed by atoms with Gasteiger partial charge < -0.3 is 0 Å². The van der Waals surface area contributed by atoms with Crippen molar-refractivity contribution < 1.29 is 0 Å². The molecular weight excluding hydrogens is 438 g/mol. The lowest BCUT2D eigenvalue weighted by molar-refractivity contribution is 0.559. The average Bonchev–Trinajstić information content (AvgIpc) is 2.40. The Morgan fingerprint density at radius 1 is 1.14 bits per heavy atom. The first kappa shape index (κ1) is 17.3. The summed E-state index contributed by atoms with van der Waals surface area (Å²) in [6, 6.07) is 7.76. The fourth-order valence-electron chi connectivity index (χ4n) is 1.73. The van der Waals surface area contributed by atoms with Crippen LogP contribution in [0.25, 0.3) is 0 Å². The summed E-state index contributed by atoms with van der Waals surface area (Å²) in [5, 5.41) is 1.26. The van der Waals surface area contributed by atoms with Crippen LogP contribution in [-0.2, 0) is 11.2 Å². The van der Waals surface area contributed by atoms with Crippen LogP contribution in [0.2, 0.25) is 10.2 Å². The van der Waals surface area contributed by atoms with Crippen molar-refractivity contribution >= 4 is 57.6 Å². The van der Waals surface area contributed by atoms with Crippen LogP contribution in [0, 0.1) is 3.57 Å². The van der Waals surface area contributed by atoms with Gasteiger partial charge in [0.15, 0.2) is 0 Å². The Bertz CT molecular complexity index is 657. The van der Waals surface area contributed by atoms with Gasteiger partial charge in [-0.2, -0.15) is 0 Å². The molecule has 0 fully saturated rings. The molecule has 0 saturated carbocycles. The standard InChI is InChI=1S/C15H15Cl2IN2S/c1-15(2,3)13-12(18)14(17)20-11(19-13)8-21-10-7-5-4-6-9(10)16/h4-7H,8H2,1-3H3. The predicted molar refractivity (Wildman–Crippen MR) is 99.5 cm³/mol. The van der Waals surface area contributed by atoms with Crippen molar-refractivity contribution in [2.75, 3.05) is 0 Å². The lowest BCUT2D eigenvalue weighted by Crippen LogP contribution is -2.18. The van der Waals surface area contributed by atoms with Gasteiger partial charge in [0.25, 0.3) is 0 Å². The molecule has 0 aliphatic rings. The van der Waals surface area contributed by atoms with E-state index in [1.165, 1.54) is 0 Å². The molecule has 21 heavy (non-hydrogen) atoms. The number of hydrogen-bond donors (Lipinski definition) is 0. The largest absolute Gasteiger partial charge is 0.235 e. The molecule has 6 heteroatoms. The van der Waals surface area contributed by atoms with Crippen LogP contribution in [0.15, 0.2) is 29.2 Å². The Morgan fingerprint density at radius 2 is 1.81 bits per heavy atom. The first-order valence-corrected chi connectivity index (χ1v) is 9.21. The van der Waals surface area contributed by atoms with Crippen molar-refractivity contribution in [2.24, 2.45) is 0 Å². The third-order valence-electron chi connectivity index (χ3n) is 2.76. The molecule has 0 unspecified atom stereocenters. The molecular formula is C15H15Cl2IN2S. The number of aromatic nitrogens is 2. The van der Waals surface area contributed by atoms with Crippen LogP contribution in [0.4, 0.5) is 0 Å². The number of halogens is 3. The van der Waals surface area contributed by atoms with Crippen molar-refractivity contribution in [1.82, 2.24) is 9.97 Å². The van der Waals surface area contributed by atoms with E-state index in [-0.39, 0.29) is 5.41 Å². The monoisotopic (exact) mass is 452 g/mol. The molecule has 1 aromatic heterocycles. The average molecular weight is 453 g/mol. The molecule has 2 rings (SSSR count). The number of thioether (sulfide) groups is 1. The smallest absolute Gasteiger partial charge is 0.146 e. The maximum atomic E-state index is 6.24. The zero-order chi connectivity index (χ0) is 15.6. The Balaban J connectivity index is 2.26. The number of hydrogen-bond acceptors (Lipinski definition) is 3. The quantitative estimate of drug-likeness (QED) is 0.325. The van der Waals surface area contributed by atoms with E-state index in [2.05, 4.69) is 53.3 Å². The van der Waals surface area contributed by atoms with E-state index < -0.39 is 0 Å². The van der Waals surface area contributed by atoms with Gasteiger partial charge in [-0.1, -0.05) is 56.1 Å². The second kappa shape index (κ2) is 7.02. The molecule has 0 bridgehead atoms. The van der Waals surface area contributed by atoms with Crippen molar-refractivity contribution in [3.63, 3.8) is 0 Å². The Labute approximate surface area is 153 Å². The van der Waals surface area contributed by atoms with Crippen LogP contribution in [-0.4, -0.2) is 9.97 Å². The molecule has 0 amide bonds. The summed E-state index contributed by atoms with van der Waals surface area (Å²) >= 11 is 16.2. The highest BCUT2D eigenvalue weighted by atomic mass is 127. The van der Waals surface area contributed by atoms with Gasteiger partial charge >= 0.3 is 0 Å². The van der Waals surface area contributed by atoms with Crippen LogP contribution in [0.1, 0.15) is 32.3 Å². The van der Waals surface area contributed by atoms with E-state index in [1.807, 2.05) is 24.3 Å². The minimum Gasteiger partial charge on any atom is -0.235 e. The van der Waals surface area contributed by atoms with Crippen LogP contribution >= 0.6 is 57.6 Å².